The van der Waals surface area contributed by atoms with E-state index >= 15 is 0 Å². The number of hydrogen-bond acceptors (Lipinski definition) is 4. The summed E-state index contributed by atoms with van der Waals surface area (Å²) in [5, 5.41) is 10.4. The molecule has 2 aromatic rings. The van der Waals surface area contributed by atoms with Crippen LogP contribution < -0.4 is 0 Å². The van der Waals surface area contributed by atoms with Crippen molar-refractivity contribution < 1.29 is 14.7 Å². The molecule has 1 N–H and O–H groups in total. The molecule has 2 heterocycles. The van der Waals surface area contributed by atoms with Crippen LogP contribution in [0.5, 0.6) is 0 Å². The number of aryl methyl sites for hydroxylation is 1. The summed E-state index contributed by atoms with van der Waals surface area (Å²) in [4.78, 5) is 30.3. The molecule has 23 heavy (non-hydrogen) atoms. The molecule has 1 aromatic heterocycles. The number of rotatable bonds is 3. The molecule has 1 aliphatic rings. The molecular weight excluding hydrogens is 336 g/mol. The number of aliphatic carboxylic acids is 1. The van der Waals surface area contributed by atoms with E-state index in [-0.39, 0.29) is 12.5 Å². The number of likely N-dealkylation sites (tertiary alicyclic amines) is 1. The van der Waals surface area contributed by atoms with Gasteiger partial charge in [-0.2, -0.15) is 0 Å². The molecule has 7 heteroatoms. The predicted octanol–water partition coefficient (Wildman–Crippen LogP) is 3.32. The van der Waals surface area contributed by atoms with Crippen molar-refractivity contribution in [3.8, 4) is 10.6 Å². The van der Waals surface area contributed by atoms with Gasteiger partial charge in [-0.1, -0.05) is 23.7 Å². The van der Waals surface area contributed by atoms with Crippen LogP contribution in [0.1, 0.15) is 21.8 Å². The highest BCUT2D eigenvalue weighted by Gasteiger charge is 2.32. The molecule has 0 unspecified atom stereocenters. The highest BCUT2D eigenvalue weighted by molar-refractivity contribution is 7.17. The SMILES string of the molecule is Cc1nc(-c2cccc(Cl)c2)sc1C(=O)N1CC[C@@H](C(=O)O)C1. The Morgan fingerprint density at radius 2 is 2.22 bits per heavy atom. The normalized spacial score (nSPS) is 17.5. The number of hydrogen-bond donors (Lipinski definition) is 1. The minimum atomic E-state index is -0.846. The zero-order valence-electron chi connectivity index (χ0n) is 12.5. The van der Waals surface area contributed by atoms with Gasteiger partial charge in [0.1, 0.15) is 9.88 Å². The van der Waals surface area contributed by atoms with Gasteiger partial charge in [-0.3, -0.25) is 9.59 Å². The Hall–Kier alpha value is -1.92. The van der Waals surface area contributed by atoms with Crippen molar-refractivity contribution in [3.63, 3.8) is 0 Å². The first-order valence-corrected chi connectivity index (χ1v) is 8.40. The number of carboxylic acid groups (broad SMARTS) is 1. The number of carbonyl (C=O) groups excluding carboxylic acids is 1. The molecule has 1 aliphatic heterocycles. The highest BCUT2D eigenvalue weighted by Crippen LogP contribution is 2.31. The molecule has 0 spiro atoms. The van der Waals surface area contributed by atoms with Crippen LogP contribution in [0.4, 0.5) is 0 Å². The fraction of sp³-hybridized carbons (Fsp3) is 0.312. The minimum Gasteiger partial charge on any atom is -0.481 e. The van der Waals surface area contributed by atoms with Gasteiger partial charge in [0.15, 0.2) is 0 Å². The first-order valence-electron chi connectivity index (χ1n) is 7.21. The molecule has 0 saturated carbocycles. The lowest BCUT2D eigenvalue weighted by Crippen LogP contribution is -2.29. The third kappa shape index (κ3) is 3.23. The van der Waals surface area contributed by atoms with Crippen molar-refractivity contribution in [2.45, 2.75) is 13.3 Å². The Bertz CT molecular complexity index is 774. The number of thiazole rings is 1. The van der Waals surface area contributed by atoms with Crippen molar-refractivity contribution in [2.75, 3.05) is 13.1 Å². The van der Waals surface area contributed by atoms with E-state index in [0.717, 1.165) is 10.6 Å². The van der Waals surface area contributed by atoms with E-state index < -0.39 is 11.9 Å². The van der Waals surface area contributed by atoms with Crippen LogP contribution >= 0.6 is 22.9 Å². The van der Waals surface area contributed by atoms with Crippen molar-refractivity contribution in [2.24, 2.45) is 5.92 Å². The minimum absolute atomic E-state index is 0.142. The lowest BCUT2D eigenvalue weighted by atomic mass is 10.1. The van der Waals surface area contributed by atoms with Crippen LogP contribution in [0.3, 0.4) is 0 Å². The van der Waals surface area contributed by atoms with Gasteiger partial charge in [0.2, 0.25) is 0 Å². The van der Waals surface area contributed by atoms with Gasteiger partial charge >= 0.3 is 5.97 Å². The number of halogens is 1. The Morgan fingerprint density at radius 1 is 1.43 bits per heavy atom. The summed E-state index contributed by atoms with van der Waals surface area (Å²) in [5.41, 5.74) is 1.53. The fourth-order valence-electron chi connectivity index (χ4n) is 2.63. The van der Waals surface area contributed by atoms with Gasteiger partial charge in [0.05, 0.1) is 11.6 Å². The quantitative estimate of drug-likeness (QED) is 0.921. The first-order chi connectivity index (χ1) is 11.0. The molecule has 5 nitrogen and oxygen atoms in total. The molecule has 1 atom stereocenters. The summed E-state index contributed by atoms with van der Waals surface area (Å²) in [7, 11) is 0. The van der Waals surface area contributed by atoms with Gasteiger partial charge in [-0.25, -0.2) is 4.98 Å². The van der Waals surface area contributed by atoms with E-state index in [0.29, 0.717) is 28.6 Å². The van der Waals surface area contributed by atoms with Crippen molar-refractivity contribution >= 4 is 34.8 Å². The Labute approximate surface area is 142 Å². The monoisotopic (exact) mass is 350 g/mol. The Balaban J connectivity index is 1.84. The standard InChI is InChI=1S/C16H15ClN2O3S/c1-9-13(15(20)19-6-5-11(8-19)16(21)22)23-14(18-9)10-3-2-4-12(17)7-10/h2-4,7,11H,5-6,8H2,1H3,(H,21,22)/t11-/m1/s1. The number of aromatic nitrogens is 1. The molecule has 0 radical (unpaired) electrons. The van der Waals surface area contributed by atoms with Gasteiger partial charge in [-0.05, 0) is 25.5 Å². The summed E-state index contributed by atoms with van der Waals surface area (Å²) in [6, 6.07) is 7.33. The molecular formula is C16H15ClN2O3S. The third-order valence-electron chi connectivity index (χ3n) is 3.89. The van der Waals surface area contributed by atoms with Gasteiger partial charge < -0.3 is 10.0 Å². The number of benzene rings is 1. The molecule has 3 rings (SSSR count). The number of carboxylic acids is 1. The summed E-state index contributed by atoms with van der Waals surface area (Å²) in [6.45, 7) is 2.53. The Kier molecular flexibility index (Phi) is 4.37. The number of nitrogens with zero attached hydrogens (tertiary/aromatic N) is 2. The second-order valence-corrected chi connectivity index (χ2v) is 6.95. The first kappa shape index (κ1) is 16.0. The van der Waals surface area contributed by atoms with Crippen LogP contribution in [0.25, 0.3) is 10.6 Å². The molecule has 1 fully saturated rings. The van der Waals surface area contributed by atoms with E-state index in [9.17, 15) is 9.59 Å². The van der Waals surface area contributed by atoms with E-state index in [2.05, 4.69) is 4.98 Å². The molecule has 1 saturated heterocycles. The fourth-order valence-corrected chi connectivity index (χ4v) is 3.85. The second-order valence-electron chi connectivity index (χ2n) is 5.52. The van der Waals surface area contributed by atoms with E-state index in [1.165, 1.54) is 11.3 Å². The van der Waals surface area contributed by atoms with Gasteiger partial charge in [0, 0.05) is 23.7 Å². The maximum atomic E-state index is 12.6. The van der Waals surface area contributed by atoms with Crippen LogP contribution in [0.2, 0.25) is 5.02 Å². The average Bonchev–Trinajstić information content (AvgIpc) is 3.13. The highest BCUT2D eigenvalue weighted by atomic mass is 35.5. The summed E-state index contributed by atoms with van der Waals surface area (Å²) in [5.74, 6) is -1.46. The largest absolute Gasteiger partial charge is 0.481 e. The number of carbonyl (C=O) groups is 2. The van der Waals surface area contributed by atoms with Gasteiger partial charge in [-0.15, -0.1) is 11.3 Å². The van der Waals surface area contributed by atoms with Crippen molar-refractivity contribution in [3.05, 3.63) is 39.9 Å². The molecule has 1 aromatic carbocycles. The molecule has 120 valence electrons. The van der Waals surface area contributed by atoms with Crippen LogP contribution in [-0.4, -0.2) is 40.0 Å². The van der Waals surface area contributed by atoms with Crippen molar-refractivity contribution in [1.82, 2.24) is 9.88 Å². The molecule has 0 bridgehead atoms. The topological polar surface area (TPSA) is 70.5 Å². The average molecular weight is 351 g/mol. The lowest BCUT2D eigenvalue weighted by Gasteiger charge is -2.14. The maximum Gasteiger partial charge on any atom is 0.308 e. The predicted molar refractivity (Wildman–Crippen MR) is 88.9 cm³/mol. The van der Waals surface area contributed by atoms with E-state index in [1.54, 1.807) is 17.9 Å². The van der Waals surface area contributed by atoms with E-state index in [1.807, 2.05) is 18.2 Å². The van der Waals surface area contributed by atoms with E-state index in [4.69, 9.17) is 16.7 Å². The molecule has 0 aliphatic carbocycles. The lowest BCUT2D eigenvalue weighted by molar-refractivity contribution is -0.141. The summed E-state index contributed by atoms with van der Waals surface area (Å²) < 4.78 is 0. The zero-order chi connectivity index (χ0) is 16.6. The maximum absolute atomic E-state index is 12.6. The summed E-state index contributed by atoms with van der Waals surface area (Å²) >= 11 is 7.32. The zero-order valence-corrected chi connectivity index (χ0v) is 14.0. The van der Waals surface area contributed by atoms with Crippen molar-refractivity contribution in [1.29, 1.82) is 0 Å². The summed E-state index contributed by atoms with van der Waals surface area (Å²) in [6.07, 6.45) is 0.500. The smallest absolute Gasteiger partial charge is 0.308 e. The Morgan fingerprint density at radius 3 is 2.87 bits per heavy atom. The molecule has 1 amide bonds. The van der Waals surface area contributed by atoms with Crippen LogP contribution in [-0.2, 0) is 4.79 Å². The number of amides is 1. The van der Waals surface area contributed by atoms with Gasteiger partial charge in [0.25, 0.3) is 5.91 Å². The second kappa shape index (κ2) is 6.29. The van der Waals surface area contributed by atoms with Crippen LogP contribution in [0, 0.1) is 12.8 Å². The third-order valence-corrected chi connectivity index (χ3v) is 5.32. The van der Waals surface area contributed by atoms with Crippen LogP contribution in [0.15, 0.2) is 24.3 Å².